The Balaban J connectivity index is 1.29. The predicted octanol–water partition coefficient (Wildman–Crippen LogP) is 0.573. The molecule has 2 aromatic carbocycles. The van der Waals surface area contributed by atoms with Gasteiger partial charge in [-0.15, -0.1) is 0 Å². The molecular formula is C30H37N7O8S. The summed E-state index contributed by atoms with van der Waals surface area (Å²) in [7, 11) is -3.62. The predicted molar refractivity (Wildman–Crippen MR) is 166 cm³/mol. The zero-order chi connectivity index (χ0) is 33.0. The second-order valence-electron chi connectivity index (χ2n) is 10.8. The maximum Gasteiger partial charge on any atom is 0.243 e. The van der Waals surface area contributed by atoms with E-state index in [-0.39, 0.29) is 10.4 Å². The molecule has 5 atom stereocenters. The second kappa shape index (κ2) is 14.2. The Morgan fingerprint density at radius 1 is 1.02 bits per heavy atom. The minimum Gasteiger partial charge on any atom is -0.462 e. The lowest BCUT2D eigenvalue weighted by Gasteiger charge is -2.39. The van der Waals surface area contributed by atoms with Crippen LogP contribution in [0.3, 0.4) is 0 Å². The van der Waals surface area contributed by atoms with Crippen LogP contribution in [0.1, 0.15) is 32.3 Å². The van der Waals surface area contributed by atoms with Crippen molar-refractivity contribution in [2.45, 2.75) is 62.3 Å². The van der Waals surface area contributed by atoms with Crippen LogP contribution < -0.4 is 10.2 Å². The van der Waals surface area contributed by atoms with Gasteiger partial charge in [0.25, 0.3) is 0 Å². The van der Waals surface area contributed by atoms with Crippen LogP contribution >= 0.6 is 0 Å². The average molecular weight is 656 g/mol. The van der Waals surface area contributed by atoms with Gasteiger partial charge in [-0.2, -0.15) is 14.5 Å². The normalized spacial score (nSPS) is 22.2. The van der Waals surface area contributed by atoms with Gasteiger partial charge in [0.15, 0.2) is 11.1 Å². The Morgan fingerprint density at radius 2 is 1.70 bits per heavy atom. The Labute approximate surface area is 265 Å². The number of sulfonamides is 1. The van der Waals surface area contributed by atoms with E-state index in [1.165, 1.54) is 32.4 Å². The van der Waals surface area contributed by atoms with Gasteiger partial charge in [-0.05, 0) is 66.9 Å². The van der Waals surface area contributed by atoms with Crippen molar-refractivity contribution in [1.29, 1.82) is 5.41 Å². The molecule has 2 aromatic heterocycles. The summed E-state index contributed by atoms with van der Waals surface area (Å²) in [4.78, 5) is 4.64. The lowest BCUT2D eigenvalue weighted by molar-refractivity contribution is -0.277. The summed E-state index contributed by atoms with van der Waals surface area (Å²) in [5, 5.41) is 57.2. The first-order chi connectivity index (χ1) is 22.1. The maximum absolute atomic E-state index is 13.1. The van der Waals surface area contributed by atoms with E-state index in [1.54, 1.807) is 48.5 Å². The van der Waals surface area contributed by atoms with Crippen LogP contribution in [0.5, 0.6) is 5.75 Å². The Bertz CT molecular complexity index is 1820. The first-order valence-electron chi connectivity index (χ1n) is 14.8. The van der Waals surface area contributed by atoms with E-state index in [0.29, 0.717) is 41.1 Å². The summed E-state index contributed by atoms with van der Waals surface area (Å²) in [5.41, 5.74) is 1.67. The summed E-state index contributed by atoms with van der Waals surface area (Å²) in [5.74, 6) is 0.302. The van der Waals surface area contributed by atoms with Gasteiger partial charge in [0, 0.05) is 13.1 Å². The SMILES string of the molecule is CCCN(CCC)S(=O)(=O)c1ccc(-n2ncc3c(=N)n(/N=C\c4ccc(OC5OC(CO)C(O)C(O)C5O)cc4)cnc32)cc1. The number of rotatable bonds is 12. The standard InChI is InChI=1S/C30H37N7O8S/c1-3-13-35(14-4-2)46(42,43)22-11-7-20(8-12-22)37-29-23(16-34-37)28(31)36(18-32-29)33-15-19-5-9-21(10-6-19)44-30-27(41)26(40)25(39)24(17-38)45-30/h5-12,15-16,18,24-27,30-31,38-41H,3-4,13-14,17H2,1-2H3/b31-28?,33-15-. The molecule has 1 aliphatic rings. The third-order valence-electron chi connectivity index (χ3n) is 7.49. The third kappa shape index (κ3) is 6.73. The van der Waals surface area contributed by atoms with Gasteiger partial charge in [-0.1, -0.05) is 13.8 Å². The van der Waals surface area contributed by atoms with Crippen LogP contribution in [0, 0.1) is 5.41 Å². The molecule has 0 saturated carbocycles. The molecule has 0 aliphatic carbocycles. The summed E-state index contributed by atoms with van der Waals surface area (Å²) < 4.78 is 41.5. The van der Waals surface area contributed by atoms with E-state index in [0.717, 1.165) is 12.8 Å². The molecular weight excluding hydrogens is 618 g/mol. The molecule has 5 unspecified atom stereocenters. The van der Waals surface area contributed by atoms with Gasteiger partial charge in [-0.25, -0.2) is 22.8 Å². The molecule has 0 spiro atoms. The highest BCUT2D eigenvalue weighted by molar-refractivity contribution is 7.89. The van der Waals surface area contributed by atoms with Crippen molar-refractivity contribution in [2.75, 3.05) is 19.7 Å². The van der Waals surface area contributed by atoms with Crippen molar-refractivity contribution in [1.82, 2.24) is 23.7 Å². The minimum absolute atomic E-state index is 0.0315. The van der Waals surface area contributed by atoms with Crippen molar-refractivity contribution in [3.05, 3.63) is 72.1 Å². The zero-order valence-corrected chi connectivity index (χ0v) is 26.1. The van der Waals surface area contributed by atoms with E-state index in [2.05, 4.69) is 15.2 Å². The summed E-state index contributed by atoms with van der Waals surface area (Å²) >= 11 is 0. The highest BCUT2D eigenvalue weighted by atomic mass is 32.2. The molecule has 46 heavy (non-hydrogen) atoms. The highest BCUT2D eigenvalue weighted by Crippen LogP contribution is 2.25. The number of hydrogen-bond acceptors (Lipinski definition) is 12. The van der Waals surface area contributed by atoms with Crippen molar-refractivity contribution >= 4 is 27.3 Å². The number of benzene rings is 2. The molecule has 1 fully saturated rings. The maximum atomic E-state index is 13.1. The second-order valence-corrected chi connectivity index (χ2v) is 12.7. The quantitative estimate of drug-likeness (QED) is 0.134. The number of aliphatic hydroxyl groups excluding tert-OH is 4. The molecule has 1 saturated heterocycles. The van der Waals surface area contributed by atoms with E-state index in [1.807, 2.05) is 13.8 Å². The Morgan fingerprint density at radius 3 is 2.33 bits per heavy atom. The van der Waals surface area contributed by atoms with Gasteiger partial charge < -0.3 is 29.9 Å². The van der Waals surface area contributed by atoms with Gasteiger partial charge in [-0.3, -0.25) is 5.41 Å². The molecule has 15 nitrogen and oxygen atoms in total. The van der Waals surface area contributed by atoms with E-state index in [4.69, 9.17) is 14.9 Å². The molecule has 0 amide bonds. The molecule has 4 aromatic rings. The van der Waals surface area contributed by atoms with E-state index < -0.39 is 47.3 Å². The van der Waals surface area contributed by atoms with Crippen LogP contribution in [0.25, 0.3) is 16.7 Å². The van der Waals surface area contributed by atoms with E-state index in [9.17, 15) is 28.8 Å². The highest BCUT2D eigenvalue weighted by Gasteiger charge is 2.44. The Hall–Kier alpha value is -4.03. The molecule has 3 heterocycles. The lowest BCUT2D eigenvalue weighted by atomic mass is 9.99. The van der Waals surface area contributed by atoms with E-state index >= 15 is 0 Å². The number of nitrogens with one attached hydrogen (secondary N) is 1. The number of aromatic nitrogens is 4. The zero-order valence-electron chi connectivity index (χ0n) is 25.3. The first-order valence-corrected chi connectivity index (χ1v) is 16.2. The summed E-state index contributed by atoms with van der Waals surface area (Å²) in [6, 6.07) is 12.9. The molecule has 1 aliphatic heterocycles. The first kappa shape index (κ1) is 33.3. The molecule has 246 valence electrons. The van der Waals surface area contributed by atoms with Crippen molar-refractivity contribution in [2.24, 2.45) is 5.10 Å². The van der Waals surface area contributed by atoms with Gasteiger partial charge in [0.1, 0.15) is 36.5 Å². The average Bonchev–Trinajstić information content (AvgIpc) is 3.50. The van der Waals surface area contributed by atoms with Gasteiger partial charge in [0.2, 0.25) is 16.3 Å². The monoisotopic (exact) mass is 655 g/mol. The van der Waals surface area contributed by atoms with Crippen LogP contribution in [-0.4, -0.2) is 109 Å². The smallest absolute Gasteiger partial charge is 0.243 e. The van der Waals surface area contributed by atoms with Gasteiger partial charge >= 0.3 is 0 Å². The Kier molecular flexibility index (Phi) is 10.3. The number of hydrogen-bond donors (Lipinski definition) is 5. The molecule has 0 bridgehead atoms. The molecule has 5 rings (SSSR count). The van der Waals surface area contributed by atoms with Crippen LogP contribution in [0.4, 0.5) is 0 Å². The van der Waals surface area contributed by atoms with Crippen LogP contribution in [0.2, 0.25) is 0 Å². The largest absolute Gasteiger partial charge is 0.462 e. The lowest BCUT2D eigenvalue weighted by Crippen LogP contribution is -2.60. The van der Waals surface area contributed by atoms with Crippen LogP contribution in [0.15, 0.2) is 71.1 Å². The number of ether oxygens (including phenoxy) is 2. The summed E-state index contributed by atoms with van der Waals surface area (Å²) in [6.07, 6.45) is -1.12. The fourth-order valence-corrected chi connectivity index (χ4v) is 6.64. The van der Waals surface area contributed by atoms with Crippen LogP contribution in [-0.2, 0) is 14.8 Å². The number of nitrogens with zero attached hydrogens (tertiary/aromatic N) is 6. The summed E-state index contributed by atoms with van der Waals surface area (Å²) in [6.45, 7) is 4.22. The fourth-order valence-electron chi connectivity index (χ4n) is 5.02. The molecule has 16 heteroatoms. The fraction of sp³-hybridized carbons (Fsp3) is 0.400. The molecule has 5 N–H and O–H groups in total. The van der Waals surface area contributed by atoms with Crippen molar-refractivity contribution < 1.29 is 38.3 Å². The van der Waals surface area contributed by atoms with Crippen molar-refractivity contribution in [3.8, 4) is 11.4 Å². The minimum atomic E-state index is -3.62. The number of fused-ring (bicyclic) bond motifs is 1. The van der Waals surface area contributed by atoms with Crippen molar-refractivity contribution in [3.63, 3.8) is 0 Å². The number of aliphatic hydroxyl groups is 4. The topological polar surface area (TPSA) is 209 Å². The van der Waals surface area contributed by atoms with Gasteiger partial charge in [0.05, 0.1) is 35.0 Å². The third-order valence-corrected chi connectivity index (χ3v) is 9.41. The molecule has 0 radical (unpaired) electrons.